The highest BCUT2D eigenvalue weighted by molar-refractivity contribution is 5.96. The number of carbonyl (C=O) groups is 1. The molecule has 0 bridgehead atoms. The summed E-state index contributed by atoms with van der Waals surface area (Å²) in [5, 5.41) is 8.65. The normalized spacial score (nSPS) is 10.9. The first-order valence-electron chi connectivity index (χ1n) is 11.6. The first kappa shape index (κ1) is 22.3. The Hall–Kier alpha value is -4.45. The number of carbonyl (C=O) groups excluding carboxylic acids is 1. The van der Waals surface area contributed by atoms with Gasteiger partial charge < -0.3 is 10.1 Å². The van der Waals surface area contributed by atoms with Gasteiger partial charge in [-0.1, -0.05) is 72.8 Å². The number of nitrogens with zero attached hydrogens (tertiary/aromatic N) is 3. The molecular weight excluding hydrogens is 436 g/mol. The van der Waals surface area contributed by atoms with Gasteiger partial charge >= 0.3 is 0 Å². The Morgan fingerprint density at radius 1 is 0.914 bits per heavy atom. The number of aryl methyl sites for hydroxylation is 2. The van der Waals surface area contributed by atoms with E-state index in [1.165, 1.54) is 0 Å². The maximum atomic E-state index is 12.5. The van der Waals surface area contributed by atoms with Gasteiger partial charge in [0.25, 0.3) is 5.91 Å². The van der Waals surface area contributed by atoms with Crippen LogP contribution < -0.4 is 10.1 Å². The molecule has 0 aliphatic heterocycles. The van der Waals surface area contributed by atoms with E-state index in [-0.39, 0.29) is 12.5 Å². The van der Waals surface area contributed by atoms with Crippen LogP contribution in [0.1, 0.15) is 16.8 Å². The predicted octanol–water partition coefficient (Wildman–Crippen LogP) is 5.40. The van der Waals surface area contributed by atoms with Crippen molar-refractivity contribution in [1.29, 1.82) is 0 Å². The molecular formula is C29H26N4O2. The summed E-state index contributed by atoms with van der Waals surface area (Å²) in [5.41, 5.74) is 6.68. The lowest BCUT2D eigenvalue weighted by Gasteiger charge is -2.11. The van der Waals surface area contributed by atoms with Crippen molar-refractivity contribution >= 4 is 16.9 Å². The Morgan fingerprint density at radius 3 is 2.34 bits per heavy atom. The third-order valence-corrected chi connectivity index (χ3v) is 5.96. The number of fused-ring (bicyclic) bond motifs is 1. The summed E-state index contributed by atoms with van der Waals surface area (Å²) in [4.78, 5) is 17.3. The molecule has 2 aromatic heterocycles. The van der Waals surface area contributed by atoms with E-state index in [0.29, 0.717) is 18.1 Å². The summed E-state index contributed by atoms with van der Waals surface area (Å²) in [6.07, 6.45) is 0. The second-order valence-electron chi connectivity index (χ2n) is 8.40. The van der Waals surface area contributed by atoms with Crippen molar-refractivity contribution < 1.29 is 9.53 Å². The van der Waals surface area contributed by atoms with Crippen LogP contribution in [0.5, 0.6) is 5.88 Å². The zero-order valence-corrected chi connectivity index (χ0v) is 19.7. The van der Waals surface area contributed by atoms with E-state index in [2.05, 4.69) is 5.32 Å². The van der Waals surface area contributed by atoms with Crippen LogP contribution in [-0.2, 0) is 11.3 Å². The molecule has 0 unspecified atom stereocenters. The summed E-state index contributed by atoms with van der Waals surface area (Å²) in [7, 11) is 0. The van der Waals surface area contributed by atoms with Gasteiger partial charge in [-0.15, -0.1) is 0 Å². The fraction of sp³-hybridized carbons (Fsp3) is 0.138. The van der Waals surface area contributed by atoms with Crippen molar-refractivity contribution in [2.24, 2.45) is 0 Å². The number of benzene rings is 3. The van der Waals surface area contributed by atoms with Crippen LogP contribution in [0.15, 0.2) is 91.0 Å². The molecule has 0 fully saturated rings. The van der Waals surface area contributed by atoms with Gasteiger partial charge in [0.2, 0.25) is 5.88 Å². The summed E-state index contributed by atoms with van der Waals surface area (Å²) in [6.45, 7) is 4.34. The number of rotatable bonds is 7. The molecule has 0 aliphatic carbocycles. The quantitative estimate of drug-likeness (QED) is 0.352. The van der Waals surface area contributed by atoms with E-state index in [9.17, 15) is 4.79 Å². The third-order valence-electron chi connectivity index (χ3n) is 5.96. The van der Waals surface area contributed by atoms with Gasteiger partial charge in [-0.25, -0.2) is 4.68 Å². The predicted molar refractivity (Wildman–Crippen MR) is 138 cm³/mol. The largest absolute Gasteiger partial charge is 0.467 e. The molecule has 1 amide bonds. The fourth-order valence-corrected chi connectivity index (χ4v) is 4.13. The summed E-state index contributed by atoms with van der Waals surface area (Å²) in [5.74, 6) is 0.170. The lowest BCUT2D eigenvalue weighted by Crippen LogP contribution is -2.28. The fourth-order valence-electron chi connectivity index (χ4n) is 4.13. The first-order valence-corrected chi connectivity index (χ1v) is 11.6. The minimum atomic E-state index is -0.204. The Morgan fingerprint density at radius 2 is 1.60 bits per heavy atom. The molecule has 6 nitrogen and oxygen atoms in total. The lowest BCUT2D eigenvalue weighted by atomic mass is 10.0. The van der Waals surface area contributed by atoms with Crippen LogP contribution >= 0.6 is 0 Å². The molecule has 0 radical (unpaired) electrons. The number of ether oxygens (including phenoxy) is 1. The van der Waals surface area contributed by atoms with Crippen molar-refractivity contribution in [2.45, 2.75) is 20.4 Å². The smallest absolute Gasteiger partial charge is 0.258 e. The summed E-state index contributed by atoms with van der Waals surface area (Å²) < 4.78 is 7.71. The molecule has 1 N–H and O–H groups in total. The molecule has 3 aromatic carbocycles. The van der Waals surface area contributed by atoms with Gasteiger partial charge in [0.15, 0.2) is 12.3 Å². The topological polar surface area (TPSA) is 69.0 Å². The van der Waals surface area contributed by atoms with Crippen molar-refractivity contribution in [2.75, 3.05) is 6.61 Å². The van der Waals surface area contributed by atoms with Crippen molar-refractivity contribution in [1.82, 2.24) is 20.1 Å². The van der Waals surface area contributed by atoms with Gasteiger partial charge in [-0.3, -0.25) is 4.79 Å². The van der Waals surface area contributed by atoms with Crippen molar-refractivity contribution in [3.63, 3.8) is 0 Å². The molecule has 0 spiro atoms. The van der Waals surface area contributed by atoms with Gasteiger partial charge in [-0.05, 0) is 48.2 Å². The maximum Gasteiger partial charge on any atom is 0.258 e. The van der Waals surface area contributed by atoms with Crippen molar-refractivity contribution in [3.05, 3.63) is 108 Å². The molecule has 0 saturated heterocycles. The summed E-state index contributed by atoms with van der Waals surface area (Å²) >= 11 is 0. The minimum absolute atomic E-state index is 0.128. The van der Waals surface area contributed by atoms with Gasteiger partial charge in [0, 0.05) is 12.6 Å². The highest BCUT2D eigenvalue weighted by atomic mass is 16.5. The van der Waals surface area contributed by atoms with E-state index < -0.39 is 0 Å². The van der Waals surface area contributed by atoms with Crippen LogP contribution in [-0.4, -0.2) is 27.3 Å². The Kier molecular flexibility index (Phi) is 6.26. The number of hydrogen-bond acceptors (Lipinski definition) is 4. The van der Waals surface area contributed by atoms with Gasteiger partial charge in [0.05, 0.1) is 16.8 Å². The third kappa shape index (κ3) is 4.77. The number of pyridine rings is 1. The van der Waals surface area contributed by atoms with Gasteiger partial charge in [0.1, 0.15) is 0 Å². The Balaban J connectivity index is 1.46. The second kappa shape index (κ2) is 9.81. The monoisotopic (exact) mass is 462 g/mol. The second-order valence-corrected chi connectivity index (χ2v) is 8.40. The average Bonchev–Trinajstić information content (AvgIpc) is 3.24. The molecule has 0 atom stereocenters. The zero-order valence-electron chi connectivity index (χ0n) is 19.7. The van der Waals surface area contributed by atoms with E-state index >= 15 is 0 Å². The number of amides is 1. The average molecular weight is 463 g/mol. The van der Waals surface area contributed by atoms with Gasteiger partial charge in [-0.2, -0.15) is 10.1 Å². The lowest BCUT2D eigenvalue weighted by molar-refractivity contribution is -0.123. The van der Waals surface area contributed by atoms with E-state index in [1.54, 1.807) is 0 Å². The Bertz CT molecular complexity index is 1480. The first-order chi connectivity index (χ1) is 17.1. The molecule has 5 rings (SSSR count). The molecule has 174 valence electrons. The summed E-state index contributed by atoms with van der Waals surface area (Å²) in [6, 6.07) is 29.8. The van der Waals surface area contributed by atoms with Crippen LogP contribution in [0.4, 0.5) is 0 Å². The van der Waals surface area contributed by atoms with E-state index in [4.69, 9.17) is 14.8 Å². The number of nitrogens with one attached hydrogen (secondary N) is 1. The maximum absolute atomic E-state index is 12.5. The van der Waals surface area contributed by atoms with E-state index in [0.717, 1.165) is 39.0 Å². The number of aromatic nitrogens is 3. The number of para-hydroxylation sites is 1. The molecule has 2 heterocycles. The highest BCUT2D eigenvalue weighted by Gasteiger charge is 2.18. The van der Waals surface area contributed by atoms with Crippen LogP contribution in [0.25, 0.3) is 27.8 Å². The molecule has 35 heavy (non-hydrogen) atoms. The molecule has 5 aromatic rings. The SMILES string of the molecule is Cc1ccccc1CNC(=O)COc1cc(-c2ccccc2)c2c(C)nn(-c3ccccc3)c2n1. The van der Waals surface area contributed by atoms with E-state index in [1.807, 2.05) is 110 Å². The number of hydrogen-bond donors (Lipinski definition) is 1. The van der Waals surface area contributed by atoms with Crippen LogP contribution in [0.2, 0.25) is 0 Å². The highest BCUT2D eigenvalue weighted by Crippen LogP contribution is 2.34. The molecule has 0 aliphatic rings. The Labute approximate surface area is 204 Å². The van der Waals surface area contributed by atoms with Crippen molar-refractivity contribution in [3.8, 4) is 22.7 Å². The van der Waals surface area contributed by atoms with Crippen LogP contribution in [0, 0.1) is 13.8 Å². The van der Waals surface area contributed by atoms with Crippen LogP contribution in [0.3, 0.4) is 0 Å². The molecule has 0 saturated carbocycles. The molecule has 6 heteroatoms. The standard InChI is InChI=1S/C29H26N4O2/c1-20-11-9-10-14-23(20)18-30-26(34)19-35-27-17-25(22-12-5-3-6-13-22)28-21(2)32-33(29(28)31-27)24-15-7-4-8-16-24/h3-17H,18-19H2,1-2H3,(H,30,34). The minimum Gasteiger partial charge on any atom is -0.467 e. The zero-order chi connectivity index (χ0) is 24.2.